The van der Waals surface area contributed by atoms with Gasteiger partial charge < -0.3 is 14.9 Å². The zero-order chi connectivity index (χ0) is 16.4. The number of imidazole rings is 1. The lowest BCUT2D eigenvalue weighted by molar-refractivity contribution is 0.260. The highest BCUT2D eigenvalue weighted by Crippen LogP contribution is 2.14. The summed E-state index contributed by atoms with van der Waals surface area (Å²) in [6.45, 7) is 5.13. The summed E-state index contributed by atoms with van der Waals surface area (Å²) in [5.41, 5.74) is 3.49. The van der Waals surface area contributed by atoms with Crippen molar-refractivity contribution in [1.82, 2.24) is 24.8 Å². The molecule has 0 atom stereocenters. The van der Waals surface area contributed by atoms with Crippen molar-refractivity contribution in [2.24, 2.45) is 0 Å². The second kappa shape index (κ2) is 6.70. The molecule has 4 rings (SSSR count). The van der Waals surface area contributed by atoms with E-state index in [9.17, 15) is 0 Å². The van der Waals surface area contributed by atoms with Crippen molar-refractivity contribution in [2.45, 2.75) is 6.42 Å². The highest BCUT2D eigenvalue weighted by molar-refractivity contribution is 7.71. The fraction of sp³-hybridized carbons (Fsp3) is 0.353. The van der Waals surface area contributed by atoms with E-state index in [2.05, 4.69) is 47.9 Å². The van der Waals surface area contributed by atoms with Gasteiger partial charge in [0.05, 0.1) is 11.0 Å². The minimum absolute atomic E-state index is 0.682. The van der Waals surface area contributed by atoms with Crippen LogP contribution in [0.15, 0.2) is 36.7 Å². The van der Waals surface area contributed by atoms with E-state index >= 15 is 0 Å². The summed E-state index contributed by atoms with van der Waals surface area (Å²) in [6, 6.07) is 8.32. The Kier molecular flexibility index (Phi) is 4.27. The number of rotatable bonds is 4. The van der Waals surface area contributed by atoms with E-state index in [4.69, 9.17) is 12.2 Å². The summed E-state index contributed by atoms with van der Waals surface area (Å²) in [5.74, 6) is 0.838. The number of H-pyrrole nitrogens is 2. The van der Waals surface area contributed by atoms with Crippen LogP contribution >= 0.6 is 12.2 Å². The maximum absolute atomic E-state index is 5.14. The summed E-state index contributed by atoms with van der Waals surface area (Å²) >= 11 is 5.14. The number of piperazine rings is 1. The number of hydrogen-bond donors (Lipinski definition) is 2. The highest BCUT2D eigenvalue weighted by atomic mass is 32.1. The van der Waals surface area contributed by atoms with E-state index in [1.54, 1.807) is 12.4 Å². The molecule has 7 heteroatoms. The Hall–Kier alpha value is -2.25. The van der Waals surface area contributed by atoms with Gasteiger partial charge in [0.2, 0.25) is 5.95 Å². The lowest BCUT2D eigenvalue weighted by Gasteiger charge is -2.34. The fourth-order valence-corrected chi connectivity index (χ4v) is 3.37. The largest absolute Gasteiger partial charge is 0.338 e. The molecule has 1 aromatic carbocycles. The van der Waals surface area contributed by atoms with Gasteiger partial charge in [-0.3, -0.25) is 4.90 Å². The number of aromatic nitrogens is 4. The maximum Gasteiger partial charge on any atom is 0.225 e. The van der Waals surface area contributed by atoms with Crippen LogP contribution in [0.3, 0.4) is 0 Å². The molecule has 0 spiro atoms. The third-order valence-electron chi connectivity index (χ3n) is 4.50. The first kappa shape index (κ1) is 15.3. The predicted octanol–water partition coefficient (Wildman–Crippen LogP) is 2.38. The lowest BCUT2D eigenvalue weighted by Crippen LogP contribution is -2.47. The Balaban J connectivity index is 1.32. The van der Waals surface area contributed by atoms with E-state index in [1.165, 1.54) is 5.56 Å². The molecule has 1 fully saturated rings. The number of benzene rings is 1. The predicted molar refractivity (Wildman–Crippen MR) is 97.9 cm³/mol. The molecule has 124 valence electrons. The zero-order valence-electron chi connectivity index (χ0n) is 13.4. The van der Waals surface area contributed by atoms with E-state index in [1.807, 2.05) is 6.07 Å². The standard InChI is InChI=1S/C17H20N6S/c24-17-20-14-3-2-13(12-15(14)21-17)4-7-22-8-10-23(11-9-22)16-18-5-1-6-19-16/h1-3,5-6,12H,4,7-11H2,(H2,20,21,24). The van der Waals surface area contributed by atoms with Gasteiger partial charge in [0.15, 0.2) is 4.77 Å². The smallest absolute Gasteiger partial charge is 0.225 e. The molecule has 1 aliphatic rings. The molecule has 0 aliphatic carbocycles. The third kappa shape index (κ3) is 3.32. The summed E-state index contributed by atoms with van der Waals surface area (Å²) in [4.78, 5) is 19.8. The van der Waals surface area contributed by atoms with Crippen LogP contribution < -0.4 is 4.90 Å². The van der Waals surface area contributed by atoms with Crippen LogP contribution in [0.5, 0.6) is 0 Å². The van der Waals surface area contributed by atoms with Gasteiger partial charge >= 0.3 is 0 Å². The second-order valence-electron chi connectivity index (χ2n) is 6.09. The van der Waals surface area contributed by atoms with Crippen molar-refractivity contribution < 1.29 is 0 Å². The van der Waals surface area contributed by atoms with Crippen molar-refractivity contribution in [2.75, 3.05) is 37.6 Å². The Morgan fingerprint density at radius 3 is 2.54 bits per heavy atom. The number of nitrogens with zero attached hydrogens (tertiary/aromatic N) is 4. The number of aromatic amines is 2. The SMILES string of the molecule is S=c1[nH]c2ccc(CCN3CCN(c4ncccn4)CC3)cc2[nH]1. The van der Waals surface area contributed by atoms with Gasteiger partial charge in [-0.25, -0.2) is 9.97 Å². The Morgan fingerprint density at radius 1 is 1.00 bits per heavy atom. The summed E-state index contributed by atoms with van der Waals surface area (Å²) in [5, 5.41) is 0. The molecule has 2 N–H and O–H groups in total. The van der Waals surface area contributed by atoms with E-state index in [0.29, 0.717) is 4.77 Å². The lowest BCUT2D eigenvalue weighted by atomic mass is 10.1. The van der Waals surface area contributed by atoms with E-state index in [0.717, 1.165) is 56.1 Å². The monoisotopic (exact) mass is 340 g/mol. The number of hydrogen-bond acceptors (Lipinski definition) is 5. The van der Waals surface area contributed by atoms with Gasteiger partial charge in [-0.1, -0.05) is 6.07 Å². The number of anilines is 1. The van der Waals surface area contributed by atoms with Crippen molar-refractivity contribution in [3.8, 4) is 0 Å². The van der Waals surface area contributed by atoms with Crippen LogP contribution in [-0.2, 0) is 6.42 Å². The maximum atomic E-state index is 5.14. The van der Waals surface area contributed by atoms with Gasteiger partial charge in [-0.2, -0.15) is 0 Å². The minimum atomic E-state index is 0.682. The molecule has 24 heavy (non-hydrogen) atoms. The zero-order valence-corrected chi connectivity index (χ0v) is 14.2. The molecule has 3 aromatic rings. The molecule has 3 heterocycles. The van der Waals surface area contributed by atoms with Gasteiger partial charge in [-0.15, -0.1) is 0 Å². The van der Waals surface area contributed by atoms with Crippen LogP contribution in [-0.4, -0.2) is 57.6 Å². The van der Waals surface area contributed by atoms with Gasteiger partial charge in [0.25, 0.3) is 0 Å². The number of fused-ring (bicyclic) bond motifs is 1. The van der Waals surface area contributed by atoms with Crippen LogP contribution in [0.4, 0.5) is 5.95 Å². The van der Waals surface area contributed by atoms with Gasteiger partial charge in [0, 0.05) is 45.1 Å². The Morgan fingerprint density at radius 2 is 1.75 bits per heavy atom. The van der Waals surface area contributed by atoms with E-state index < -0.39 is 0 Å². The molecule has 0 unspecified atom stereocenters. The third-order valence-corrected chi connectivity index (χ3v) is 4.71. The second-order valence-corrected chi connectivity index (χ2v) is 6.49. The molecular weight excluding hydrogens is 320 g/mol. The topological polar surface area (TPSA) is 63.8 Å². The molecule has 1 saturated heterocycles. The molecule has 1 aliphatic heterocycles. The molecular formula is C17H20N6S. The molecule has 0 amide bonds. The first-order valence-corrected chi connectivity index (χ1v) is 8.64. The Bertz CT molecular complexity index is 863. The van der Waals surface area contributed by atoms with Crippen molar-refractivity contribution in [3.63, 3.8) is 0 Å². The van der Waals surface area contributed by atoms with E-state index in [-0.39, 0.29) is 0 Å². The molecule has 2 aromatic heterocycles. The minimum Gasteiger partial charge on any atom is -0.338 e. The summed E-state index contributed by atoms with van der Waals surface area (Å²) < 4.78 is 0.682. The molecule has 0 saturated carbocycles. The van der Waals surface area contributed by atoms with Crippen molar-refractivity contribution in [1.29, 1.82) is 0 Å². The average molecular weight is 340 g/mol. The molecule has 0 radical (unpaired) electrons. The van der Waals surface area contributed by atoms with Crippen LogP contribution in [0.2, 0.25) is 0 Å². The van der Waals surface area contributed by atoms with Crippen LogP contribution in [0.25, 0.3) is 11.0 Å². The molecule has 6 nitrogen and oxygen atoms in total. The van der Waals surface area contributed by atoms with Crippen molar-refractivity contribution in [3.05, 3.63) is 47.0 Å². The van der Waals surface area contributed by atoms with Crippen LogP contribution in [0.1, 0.15) is 5.56 Å². The normalized spacial score (nSPS) is 15.9. The van der Waals surface area contributed by atoms with Crippen molar-refractivity contribution >= 4 is 29.2 Å². The first-order chi connectivity index (χ1) is 11.8. The quantitative estimate of drug-likeness (QED) is 0.714. The highest BCUT2D eigenvalue weighted by Gasteiger charge is 2.18. The van der Waals surface area contributed by atoms with Gasteiger partial charge in [-0.05, 0) is 42.4 Å². The fourth-order valence-electron chi connectivity index (χ4n) is 3.15. The first-order valence-electron chi connectivity index (χ1n) is 8.23. The summed E-state index contributed by atoms with van der Waals surface area (Å²) in [7, 11) is 0. The molecule has 0 bridgehead atoms. The number of nitrogens with one attached hydrogen (secondary N) is 2. The van der Waals surface area contributed by atoms with Gasteiger partial charge in [0.1, 0.15) is 0 Å². The van der Waals surface area contributed by atoms with Crippen LogP contribution in [0, 0.1) is 4.77 Å². The Labute approximate surface area is 145 Å². The summed E-state index contributed by atoms with van der Waals surface area (Å²) in [6.07, 6.45) is 4.65. The average Bonchev–Trinajstić information content (AvgIpc) is 3.00.